The number of hydrogen-bond acceptors (Lipinski definition) is 8. The number of aliphatic hydroxyl groups excluding tert-OH is 4. The molecule has 0 aromatic carbocycles. The maximum absolute atomic E-state index is 10.4. The molecule has 9 heteroatoms. The number of ether oxygens (including phenoxy) is 3. The van der Waals surface area contributed by atoms with Crippen molar-refractivity contribution >= 4 is 5.97 Å². The predicted molar refractivity (Wildman–Crippen MR) is 139 cm³/mol. The number of hydrogen-bond donors (Lipinski definition) is 5. The summed E-state index contributed by atoms with van der Waals surface area (Å²) < 4.78 is 16.1. The highest BCUT2D eigenvalue weighted by Gasteiger charge is 2.45. The van der Waals surface area contributed by atoms with Gasteiger partial charge in [-0.15, -0.1) is 0 Å². The Morgan fingerprint density at radius 1 is 0.750 bits per heavy atom. The molecule has 5 atom stereocenters. The van der Waals surface area contributed by atoms with E-state index < -0.39 is 36.7 Å². The molecule has 9 nitrogen and oxygen atoms in total. The second kappa shape index (κ2) is 24.5. The van der Waals surface area contributed by atoms with Crippen LogP contribution in [0, 0.1) is 0 Å². The lowest BCUT2D eigenvalue weighted by atomic mass is 9.99. The number of carbonyl (C=O) groups is 1. The summed E-state index contributed by atoms with van der Waals surface area (Å²) in [6.45, 7) is 2.09. The number of carboxylic acids is 1. The summed E-state index contributed by atoms with van der Waals surface area (Å²) in [5, 5.41) is 45.9. The molecule has 5 N–H and O–H groups in total. The third-order valence-electron chi connectivity index (χ3n) is 6.40. The molecule has 0 saturated carbocycles. The number of rotatable bonds is 21. The van der Waals surface area contributed by atoms with Gasteiger partial charge in [-0.3, -0.25) is 4.79 Å². The van der Waals surface area contributed by atoms with E-state index in [-0.39, 0.29) is 13.2 Å². The maximum atomic E-state index is 10.4. The molecule has 0 amide bonds. The minimum absolute atomic E-state index is 0.250. The van der Waals surface area contributed by atoms with Crippen molar-refractivity contribution in [3.05, 3.63) is 0 Å². The fourth-order valence-corrected chi connectivity index (χ4v) is 4.35. The van der Waals surface area contributed by atoms with Gasteiger partial charge in [-0.25, -0.2) is 0 Å². The van der Waals surface area contributed by atoms with E-state index >= 15 is 0 Å². The molecule has 0 aromatic rings. The highest BCUT2D eigenvalue weighted by molar-refractivity contribution is 5.66. The number of methoxy groups -OCH3 is 1. The van der Waals surface area contributed by atoms with Crippen LogP contribution in [0.1, 0.15) is 110 Å². The molecule has 0 aliphatic carbocycles. The topological polar surface area (TPSA) is 146 Å². The molecule has 216 valence electrons. The highest BCUT2D eigenvalue weighted by atomic mass is 16.7. The minimum Gasteiger partial charge on any atom is -0.481 e. The Balaban J connectivity index is 0.00000387. The maximum Gasteiger partial charge on any atom is 0.303 e. The number of aliphatic hydroxyl groups is 4. The van der Waals surface area contributed by atoms with Gasteiger partial charge < -0.3 is 39.7 Å². The quantitative estimate of drug-likeness (QED) is 0.142. The minimum atomic E-state index is -1.20. The highest BCUT2D eigenvalue weighted by Crippen LogP contribution is 2.24. The number of aliphatic carboxylic acids is 1. The summed E-state index contributed by atoms with van der Waals surface area (Å²) in [6, 6.07) is 0. The van der Waals surface area contributed by atoms with Crippen molar-refractivity contribution in [1.82, 2.24) is 0 Å². The molecule has 0 bridgehead atoms. The largest absolute Gasteiger partial charge is 0.481 e. The van der Waals surface area contributed by atoms with Crippen LogP contribution in [0.15, 0.2) is 0 Å². The Morgan fingerprint density at radius 3 is 1.56 bits per heavy atom. The van der Waals surface area contributed by atoms with E-state index in [4.69, 9.17) is 24.4 Å². The van der Waals surface area contributed by atoms with Crippen LogP contribution < -0.4 is 0 Å². The van der Waals surface area contributed by atoms with Gasteiger partial charge in [-0.2, -0.15) is 0 Å². The van der Waals surface area contributed by atoms with Gasteiger partial charge in [0.1, 0.15) is 24.4 Å². The Kier molecular flexibility index (Phi) is 24.0. The lowest BCUT2D eigenvalue weighted by Crippen LogP contribution is -2.59. The van der Waals surface area contributed by atoms with Crippen LogP contribution in [0.2, 0.25) is 0 Å². The molecule has 0 radical (unpaired) electrons. The first kappa shape index (κ1) is 35.2. The summed E-state index contributed by atoms with van der Waals surface area (Å²) >= 11 is 0. The standard InChI is InChI=1S/C25H48O8.C2H6O/c1-31-25-23(30)22(29)24(20(19-26)33-25)32-18-16-14-12-10-8-6-4-2-3-5-7-9-11-13-15-17-21(27)28;1-2-3/h20,22-26,29-30H,2-19H2,1H3,(H,27,28);3H,2H2,1H3/t20-,22-,23-,24-,25?;/m1./s1. The monoisotopic (exact) mass is 522 g/mol. The van der Waals surface area contributed by atoms with E-state index in [1.54, 1.807) is 6.92 Å². The van der Waals surface area contributed by atoms with E-state index in [1.165, 1.54) is 64.9 Å². The first-order chi connectivity index (χ1) is 17.4. The molecule has 0 spiro atoms. The summed E-state index contributed by atoms with van der Waals surface area (Å²) in [4.78, 5) is 10.4. The van der Waals surface area contributed by atoms with Crippen LogP contribution in [0.4, 0.5) is 0 Å². The molecule has 36 heavy (non-hydrogen) atoms. The second-order valence-electron chi connectivity index (χ2n) is 9.54. The van der Waals surface area contributed by atoms with Crippen LogP contribution in [0.5, 0.6) is 0 Å². The van der Waals surface area contributed by atoms with Gasteiger partial charge in [0.2, 0.25) is 0 Å². The summed E-state index contributed by atoms with van der Waals surface area (Å²) in [5.41, 5.74) is 0. The van der Waals surface area contributed by atoms with Crippen LogP contribution in [-0.4, -0.2) is 89.1 Å². The first-order valence-electron chi connectivity index (χ1n) is 14.0. The van der Waals surface area contributed by atoms with E-state index in [2.05, 4.69) is 0 Å². The molecule has 1 aliphatic rings. The van der Waals surface area contributed by atoms with Crippen LogP contribution in [-0.2, 0) is 19.0 Å². The van der Waals surface area contributed by atoms with E-state index in [1.807, 2.05) is 0 Å². The van der Waals surface area contributed by atoms with E-state index in [0.717, 1.165) is 38.5 Å². The average Bonchev–Trinajstić information content (AvgIpc) is 2.86. The average molecular weight is 523 g/mol. The molecule has 1 unspecified atom stereocenters. The van der Waals surface area contributed by atoms with Gasteiger partial charge in [0.05, 0.1) is 6.61 Å². The molecule has 0 aromatic heterocycles. The van der Waals surface area contributed by atoms with Crippen molar-refractivity contribution in [1.29, 1.82) is 0 Å². The van der Waals surface area contributed by atoms with Crippen molar-refractivity contribution < 1.29 is 44.5 Å². The van der Waals surface area contributed by atoms with Crippen molar-refractivity contribution in [3.8, 4) is 0 Å². The normalized spacial score (nSPS) is 23.8. The zero-order valence-electron chi connectivity index (χ0n) is 22.7. The third-order valence-corrected chi connectivity index (χ3v) is 6.40. The summed E-state index contributed by atoms with van der Waals surface area (Å²) in [6.07, 6.45) is 13.1. The van der Waals surface area contributed by atoms with Crippen molar-refractivity contribution in [2.45, 2.75) is 140 Å². The number of unbranched alkanes of at least 4 members (excludes halogenated alkanes) is 14. The lowest BCUT2D eigenvalue weighted by molar-refractivity contribution is -0.301. The third kappa shape index (κ3) is 17.6. The number of carboxylic acid groups (broad SMARTS) is 1. The Labute approximate surface area is 218 Å². The smallest absolute Gasteiger partial charge is 0.303 e. The van der Waals surface area contributed by atoms with Crippen LogP contribution >= 0.6 is 0 Å². The van der Waals surface area contributed by atoms with Gasteiger partial charge in [0.15, 0.2) is 6.29 Å². The molecule has 1 saturated heterocycles. The van der Waals surface area contributed by atoms with Crippen molar-refractivity contribution in [2.24, 2.45) is 0 Å². The van der Waals surface area contributed by atoms with Gasteiger partial charge in [0.25, 0.3) is 0 Å². The molecule has 1 fully saturated rings. The zero-order valence-corrected chi connectivity index (χ0v) is 22.7. The fraction of sp³-hybridized carbons (Fsp3) is 0.963. The molecular weight excluding hydrogens is 468 g/mol. The van der Waals surface area contributed by atoms with Gasteiger partial charge in [0, 0.05) is 26.7 Å². The second-order valence-corrected chi connectivity index (χ2v) is 9.54. The SMILES string of the molecule is CCO.COC1O[C@H](CO)[C@@H](OCCCCCCCCCCCCCCCCCC(=O)O)[C@H](O)[C@H]1O. The van der Waals surface area contributed by atoms with Crippen molar-refractivity contribution in [2.75, 3.05) is 26.9 Å². The van der Waals surface area contributed by atoms with Crippen LogP contribution in [0.3, 0.4) is 0 Å². The molecule has 1 aliphatic heterocycles. The first-order valence-corrected chi connectivity index (χ1v) is 14.0. The van der Waals surface area contributed by atoms with Gasteiger partial charge >= 0.3 is 5.97 Å². The van der Waals surface area contributed by atoms with Gasteiger partial charge in [-0.1, -0.05) is 83.5 Å². The Hall–Kier alpha value is -0.810. The predicted octanol–water partition coefficient (Wildman–Crippen LogP) is 3.78. The Morgan fingerprint density at radius 2 is 1.17 bits per heavy atom. The Bertz CT molecular complexity index is 490. The lowest BCUT2D eigenvalue weighted by Gasteiger charge is -2.41. The summed E-state index contributed by atoms with van der Waals surface area (Å²) in [5.74, 6) is -0.685. The summed E-state index contributed by atoms with van der Waals surface area (Å²) in [7, 11) is 1.38. The molecule has 1 rings (SSSR count). The molecule has 1 heterocycles. The fourth-order valence-electron chi connectivity index (χ4n) is 4.35. The zero-order chi connectivity index (χ0) is 27.0. The van der Waals surface area contributed by atoms with Crippen LogP contribution in [0.25, 0.3) is 0 Å². The van der Waals surface area contributed by atoms with E-state index in [0.29, 0.717) is 13.0 Å². The van der Waals surface area contributed by atoms with E-state index in [9.17, 15) is 20.1 Å². The van der Waals surface area contributed by atoms with Crippen molar-refractivity contribution in [3.63, 3.8) is 0 Å². The van der Waals surface area contributed by atoms with Gasteiger partial charge in [-0.05, 0) is 19.8 Å². The molecular formula is C27H54O9.